The predicted octanol–water partition coefficient (Wildman–Crippen LogP) is 1.17. The molecular weight excluding hydrogens is 263 g/mol. The van der Waals surface area contributed by atoms with Crippen LogP contribution in [0.1, 0.15) is 25.7 Å². The number of nitrogens with zero attached hydrogens (tertiary/aromatic N) is 1. The normalized spacial score (nSPS) is 24.3. The van der Waals surface area contributed by atoms with Crippen molar-refractivity contribution >= 4 is 5.91 Å². The first-order valence-electron chi connectivity index (χ1n) is 6.47. The number of alkyl halides is 3. The molecule has 0 aromatic carbocycles. The lowest BCUT2D eigenvalue weighted by atomic mass is 9.80. The van der Waals surface area contributed by atoms with E-state index in [2.05, 4.69) is 0 Å². The van der Waals surface area contributed by atoms with Crippen LogP contribution in [0.25, 0.3) is 0 Å². The Morgan fingerprint density at radius 1 is 1.16 bits per heavy atom. The second-order valence-corrected chi connectivity index (χ2v) is 4.87. The number of hydrogen-bond donors (Lipinski definition) is 2. The molecule has 0 aromatic rings. The third-order valence-electron chi connectivity index (χ3n) is 3.54. The Labute approximate surface area is 110 Å². The molecule has 0 bridgehead atoms. The van der Waals surface area contributed by atoms with Gasteiger partial charge in [0.1, 0.15) is 0 Å². The molecule has 1 aliphatic carbocycles. The van der Waals surface area contributed by atoms with Crippen LogP contribution in [0.5, 0.6) is 0 Å². The van der Waals surface area contributed by atoms with E-state index in [1.807, 2.05) is 0 Å². The zero-order chi connectivity index (χ0) is 14.5. The van der Waals surface area contributed by atoms with Crippen LogP contribution in [0.4, 0.5) is 13.2 Å². The van der Waals surface area contributed by atoms with Crippen LogP contribution in [-0.2, 0) is 4.79 Å². The highest BCUT2D eigenvalue weighted by Crippen LogP contribution is 2.40. The number of carbonyl (C=O) groups is 1. The molecule has 4 nitrogen and oxygen atoms in total. The molecule has 0 saturated heterocycles. The number of rotatable bonds is 5. The van der Waals surface area contributed by atoms with Gasteiger partial charge < -0.3 is 15.1 Å². The molecule has 2 N–H and O–H groups in total. The minimum Gasteiger partial charge on any atom is -0.395 e. The molecule has 1 rings (SSSR count). The lowest BCUT2D eigenvalue weighted by Crippen LogP contribution is -2.42. The molecule has 0 heterocycles. The first kappa shape index (κ1) is 16.2. The van der Waals surface area contributed by atoms with Gasteiger partial charge in [0.05, 0.1) is 19.1 Å². The van der Waals surface area contributed by atoms with E-state index in [9.17, 15) is 18.0 Å². The number of aliphatic hydroxyl groups excluding tert-OH is 2. The Morgan fingerprint density at radius 2 is 1.74 bits per heavy atom. The SMILES string of the molecule is O=C(C1CCCC(C(F)(F)F)C1)N(CCO)CCO. The summed E-state index contributed by atoms with van der Waals surface area (Å²) in [5, 5.41) is 17.7. The molecule has 1 fully saturated rings. The minimum absolute atomic E-state index is 0.0482. The fraction of sp³-hybridized carbons (Fsp3) is 0.917. The van der Waals surface area contributed by atoms with Crippen molar-refractivity contribution in [2.45, 2.75) is 31.9 Å². The van der Waals surface area contributed by atoms with Gasteiger partial charge in [-0.1, -0.05) is 6.42 Å². The van der Waals surface area contributed by atoms with Gasteiger partial charge in [-0.25, -0.2) is 0 Å². The highest BCUT2D eigenvalue weighted by molar-refractivity contribution is 5.79. The van der Waals surface area contributed by atoms with E-state index in [-0.39, 0.29) is 39.1 Å². The minimum atomic E-state index is -4.25. The van der Waals surface area contributed by atoms with E-state index in [0.717, 1.165) is 0 Å². The van der Waals surface area contributed by atoms with Crippen molar-refractivity contribution in [1.82, 2.24) is 4.90 Å². The monoisotopic (exact) mass is 283 g/mol. The lowest BCUT2D eigenvalue weighted by Gasteiger charge is -2.33. The third kappa shape index (κ3) is 4.65. The van der Waals surface area contributed by atoms with E-state index in [1.165, 1.54) is 4.90 Å². The maximum Gasteiger partial charge on any atom is 0.391 e. The van der Waals surface area contributed by atoms with E-state index < -0.39 is 23.9 Å². The molecule has 19 heavy (non-hydrogen) atoms. The van der Waals surface area contributed by atoms with Crippen molar-refractivity contribution in [2.24, 2.45) is 11.8 Å². The van der Waals surface area contributed by atoms with Crippen molar-refractivity contribution in [2.75, 3.05) is 26.3 Å². The summed E-state index contributed by atoms with van der Waals surface area (Å²) in [6.07, 6.45) is -3.54. The number of halogens is 3. The van der Waals surface area contributed by atoms with Gasteiger partial charge in [-0.15, -0.1) is 0 Å². The molecular formula is C12H20F3NO3. The highest BCUT2D eigenvalue weighted by Gasteiger charge is 2.44. The highest BCUT2D eigenvalue weighted by atomic mass is 19.4. The van der Waals surface area contributed by atoms with Crippen LogP contribution < -0.4 is 0 Å². The number of hydrogen-bond acceptors (Lipinski definition) is 3. The summed E-state index contributed by atoms with van der Waals surface area (Å²) in [5.74, 6) is -2.46. The molecule has 1 saturated carbocycles. The molecule has 0 radical (unpaired) electrons. The van der Waals surface area contributed by atoms with Crippen LogP contribution in [0.2, 0.25) is 0 Å². The average molecular weight is 283 g/mol. The topological polar surface area (TPSA) is 60.8 Å². The largest absolute Gasteiger partial charge is 0.395 e. The zero-order valence-corrected chi connectivity index (χ0v) is 10.7. The molecule has 7 heteroatoms. The first-order valence-corrected chi connectivity index (χ1v) is 6.47. The molecule has 2 atom stereocenters. The molecule has 0 aliphatic heterocycles. The molecule has 1 amide bonds. The third-order valence-corrected chi connectivity index (χ3v) is 3.54. The second kappa shape index (κ2) is 7.09. The summed E-state index contributed by atoms with van der Waals surface area (Å²) < 4.78 is 38.0. The summed E-state index contributed by atoms with van der Waals surface area (Å²) >= 11 is 0. The van der Waals surface area contributed by atoms with E-state index in [1.54, 1.807) is 0 Å². The van der Waals surface area contributed by atoms with Crippen molar-refractivity contribution in [1.29, 1.82) is 0 Å². The van der Waals surface area contributed by atoms with Gasteiger partial charge in [0.15, 0.2) is 0 Å². The van der Waals surface area contributed by atoms with Crippen LogP contribution in [0.15, 0.2) is 0 Å². The smallest absolute Gasteiger partial charge is 0.391 e. The van der Waals surface area contributed by atoms with Gasteiger partial charge >= 0.3 is 6.18 Å². The van der Waals surface area contributed by atoms with Crippen LogP contribution >= 0.6 is 0 Å². The Hall–Kier alpha value is -0.820. The maximum atomic E-state index is 12.7. The van der Waals surface area contributed by atoms with Gasteiger partial charge in [0.25, 0.3) is 0 Å². The fourth-order valence-corrected chi connectivity index (χ4v) is 2.54. The van der Waals surface area contributed by atoms with Crippen LogP contribution in [-0.4, -0.2) is 53.5 Å². The summed E-state index contributed by atoms with van der Waals surface area (Å²) in [5.41, 5.74) is 0. The van der Waals surface area contributed by atoms with Gasteiger partial charge in [-0.3, -0.25) is 4.79 Å². The summed E-state index contributed by atoms with van der Waals surface area (Å²) in [7, 11) is 0. The Morgan fingerprint density at radius 3 is 2.21 bits per heavy atom. The Bertz CT molecular complexity index is 290. The van der Waals surface area contributed by atoms with Crippen molar-refractivity contribution in [3.05, 3.63) is 0 Å². The maximum absolute atomic E-state index is 12.7. The van der Waals surface area contributed by atoms with Gasteiger partial charge in [0, 0.05) is 19.0 Å². The van der Waals surface area contributed by atoms with Gasteiger partial charge in [0.2, 0.25) is 5.91 Å². The van der Waals surface area contributed by atoms with Crippen molar-refractivity contribution in [3.63, 3.8) is 0 Å². The number of carbonyl (C=O) groups excluding carboxylic acids is 1. The Kier molecular flexibility index (Phi) is 6.06. The fourth-order valence-electron chi connectivity index (χ4n) is 2.54. The quantitative estimate of drug-likeness (QED) is 0.796. The number of aliphatic hydroxyl groups is 2. The zero-order valence-electron chi connectivity index (χ0n) is 10.7. The average Bonchev–Trinajstić information content (AvgIpc) is 2.37. The number of amides is 1. The van der Waals surface area contributed by atoms with E-state index in [4.69, 9.17) is 10.2 Å². The summed E-state index contributed by atoms with van der Waals surface area (Å²) in [6.45, 7) is -0.429. The lowest BCUT2D eigenvalue weighted by molar-refractivity contribution is -0.187. The molecule has 112 valence electrons. The molecule has 2 unspecified atom stereocenters. The van der Waals surface area contributed by atoms with Crippen LogP contribution in [0.3, 0.4) is 0 Å². The molecule has 0 aromatic heterocycles. The first-order chi connectivity index (χ1) is 8.90. The van der Waals surface area contributed by atoms with Crippen molar-refractivity contribution < 1.29 is 28.2 Å². The Balaban J connectivity index is 2.64. The van der Waals surface area contributed by atoms with Gasteiger partial charge in [-0.2, -0.15) is 13.2 Å². The van der Waals surface area contributed by atoms with Gasteiger partial charge in [-0.05, 0) is 19.3 Å². The second-order valence-electron chi connectivity index (χ2n) is 4.87. The van der Waals surface area contributed by atoms with Crippen LogP contribution in [0, 0.1) is 11.8 Å². The van der Waals surface area contributed by atoms with E-state index >= 15 is 0 Å². The van der Waals surface area contributed by atoms with Crippen molar-refractivity contribution in [3.8, 4) is 0 Å². The van der Waals surface area contributed by atoms with E-state index in [0.29, 0.717) is 12.8 Å². The summed E-state index contributed by atoms with van der Waals surface area (Å²) in [4.78, 5) is 13.3. The summed E-state index contributed by atoms with van der Waals surface area (Å²) in [6, 6.07) is 0. The standard InChI is InChI=1S/C12H20F3NO3/c13-12(14,15)10-3-1-2-9(8-10)11(19)16(4-6-17)5-7-18/h9-10,17-18H,1-8H2. The molecule has 1 aliphatic rings. The predicted molar refractivity (Wildman–Crippen MR) is 62.3 cm³/mol. The molecule has 0 spiro atoms.